The number of hydrogen-bond donors (Lipinski definition) is 1. The van der Waals surface area contributed by atoms with Gasteiger partial charge in [0.15, 0.2) is 5.79 Å². The van der Waals surface area contributed by atoms with Crippen molar-refractivity contribution in [3.63, 3.8) is 0 Å². The zero-order valence-corrected chi connectivity index (χ0v) is 17.3. The number of hydrogen-bond acceptors (Lipinski definition) is 5. The van der Waals surface area contributed by atoms with E-state index in [1.165, 1.54) is 0 Å². The molecule has 0 amide bonds. The van der Waals surface area contributed by atoms with Crippen molar-refractivity contribution in [3.8, 4) is 0 Å². The minimum Gasteiger partial charge on any atom is -0.392 e. The molecule has 2 atom stereocenters. The lowest BCUT2D eigenvalue weighted by Gasteiger charge is -2.22. The third-order valence-electron chi connectivity index (χ3n) is 3.96. The van der Waals surface area contributed by atoms with Gasteiger partial charge >= 0.3 is 0 Å². The van der Waals surface area contributed by atoms with Crippen molar-refractivity contribution in [2.75, 3.05) is 26.6 Å². The number of rotatable bonds is 11. The Bertz CT molecular complexity index is 389. The summed E-state index contributed by atoms with van der Waals surface area (Å²) in [7, 11) is -1.07. The fraction of sp³-hybridized carbons (Fsp3) is 0.889. The summed E-state index contributed by atoms with van der Waals surface area (Å²) in [6, 6.07) is 1.14. The molecule has 0 aromatic heterocycles. The SMILES string of the molecule is C/C(=C\C[C@H](C[C@H]1COC(C)(C)O1)OCOCC[Si](C)(C)C)CO. The van der Waals surface area contributed by atoms with Crippen LogP contribution in [0.15, 0.2) is 11.6 Å². The molecule has 1 N–H and O–H groups in total. The predicted molar refractivity (Wildman–Crippen MR) is 98.8 cm³/mol. The Morgan fingerprint density at radius 2 is 2.08 bits per heavy atom. The summed E-state index contributed by atoms with van der Waals surface area (Å²) in [4.78, 5) is 0. The highest BCUT2D eigenvalue weighted by Gasteiger charge is 2.34. The quantitative estimate of drug-likeness (QED) is 0.264. The van der Waals surface area contributed by atoms with Crippen LogP contribution in [0.25, 0.3) is 0 Å². The smallest absolute Gasteiger partial charge is 0.163 e. The van der Waals surface area contributed by atoms with Crippen molar-refractivity contribution >= 4 is 8.07 Å². The third kappa shape index (κ3) is 9.91. The zero-order valence-electron chi connectivity index (χ0n) is 16.3. The Labute approximate surface area is 148 Å². The Kier molecular flexibility index (Phi) is 9.12. The molecule has 1 saturated heterocycles. The molecular weight excluding hydrogens is 324 g/mol. The average molecular weight is 361 g/mol. The van der Waals surface area contributed by atoms with E-state index in [4.69, 9.17) is 24.1 Å². The fourth-order valence-electron chi connectivity index (χ4n) is 2.38. The van der Waals surface area contributed by atoms with Gasteiger partial charge in [0.05, 0.1) is 25.4 Å². The molecule has 1 fully saturated rings. The molecule has 0 aliphatic carbocycles. The van der Waals surface area contributed by atoms with Crippen LogP contribution in [0, 0.1) is 0 Å². The van der Waals surface area contributed by atoms with Crippen LogP contribution in [0.5, 0.6) is 0 Å². The number of aliphatic hydroxyl groups is 1. The third-order valence-corrected chi connectivity index (χ3v) is 5.66. The molecule has 0 aromatic carbocycles. The normalized spacial score (nSPS) is 22.8. The summed E-state index contributed by atoms with van der Waals surface area (Å²) in [5.74, 6) is -0.514. The highest BCUT2D eigenvalue weighted by atomic mass is 28.3. The van der Waals surface area contributed by atoms with E-state index in [0.717, 1.165) is 31.1 Å². The molecule has 0 saturated carbocycles. The molecule has 5 nitrogen and oxygen atoms in total. The second-order valence-corrected chi connectivity index (χ2v) is 13.9. The van der Waals surface area contributed by atoms with Gasteiger partial charge in [-0.15, -0.1) is 0 Å². The first-order valence-corrected chi connectivity index (χ1v) is 12.6. The van der Waals surface area contributed by atoms with Crippen LogP contribution in [0.3, 0.4) is 0 Å². The molecule has 24 heavy (non-hydrogen) atoms. The van der Waals surface area contributed by atoms with E-state index in [1.54, 1.807) is 0 Å². The van der Waals surface area contributed by atoms with Crippen molar-refractivity contribution in [2.24, 2.45) is 0 Å². The van der Waals surface area contributed by atoms with Crippen LogP contribution in [-0.2, 0) is 18.9 Å². The van der Waals surface area contributed by atoms with Crippen LogP contribution in [0.2, 0.25) is 25.7 Å². The minimum absolute atomic E-state index is 0.000816. The monoisotopic (exact) mass is 360 g/mol. The van der Waals surface area contributed by atoms with Crippen molar-refractivity contribution in [2.45, 2.75) is 77.3 Å². The summed E-state index contributed by atoms with van der Waals surface area (Å²) >= 11 is 0. The van der Waals surface area contributed by atoms with Gasteiger partial charge in [0, 0.05) is 21.1 Å². The largest absolute Gasteiger partial charge is 0.392 e. The molecule has 0 aromatic rings. The van der Waals surface area contributed by atoms with Crippen LogP contribution in [-0.4, -0.2) is 57.8 Å². The molecule has 1 rings (SSSR count). The number of ether oxygens (including phenoxy) is 4. The Morgan fingerprint density at radius 3 is 2.62 bits per heavy atom. The average Bonchev–Trinajstić information content (AvgIpc) is 2.81. The molecule has 0 radical (unpaired) electrons. The van der Waals surface area contributed by atoms with Crippen molar-refractivity contribution < 1.29 is 24.1 Å². The van der Waals surface area contributed by atoms with Crippen molar-refractivity contribution in [3.05, 3.63) is 11.6 Å². The molecule has 142 valence electrons. The van der Waals surface area contributed by atoms with Crippen molar-refractivity contribution in [1.29, 1.82) is 0 Å². The van der Waals surface area contributed by atoms with Gasteiger partial charge < -0.3 is 24.1 Å². The maximum absolute atomic E-state index is 9.15. The lowest BCUT2D eigenvalue weighted by atomic mass is 10.1. The molecule has 6 heteroatoms. The zero-order chi connectivity index (χ0) is 18.2. The van der Waals surface area contributed by atoms with E-state index >= 15 is 0 Å². The van der Waals surface area contributed by atoms with Crippen LogP contribution >= 0.6 is 0 Å². The highest BCUT2D eigenvalue weighted by molar-refractivity contribution is 6.76. The van der Waals surface area contributed by atoms with Crippen LogP contribution in [0.1, 0.15) is 33.6 Å². The maximum Gasteiger partial charge on any atom is 0.163 e. The second-order valence-electron chi connectivity index (χ2n) is 8.26. The first-order valence-electron chi connectivity index (χ1n) is 8.89. The van der Waals surface area contributed by atoms with E-state index in [0.29, 0.717) is 13.4 Å². The minimum atomic E-state index is -1.07. The Balaban J connectivity index is 2.40. The summed E-state index contributed by atoms with van der Waals surface area (Å²) < 4.78 is 23.1. The molecule has 1 heterocycles. The van der Waals surface area contributed by atoms with Gasteiger partial charge in [0.1, 0.15) is 6.79 Å². The van der Waals surface area contributed by atoms with E-state index in [2.05, 4.69) is 19.6 Å². The second kappa shape index (κ2) is 10.0. The summed E-state index contributed by atoms with van der Waals surface area (Å²) in [5.41, 5.74) is 0.951. The summed E-state index contributed by atoms with van der Waals surface area (Å²) in [6.45, 7) is 14.5. The lowest BCUT2D eigenvalue weighted by molar-refractivity contribution is -0.147. The fourth-order valence-corrected chi connectivity index (χ4v) is 3.14. The Morgan fingerprint density at radius 1 is 1.38 bits per heavy atom. The van der Waals surface area contributed by atoms with Gasteiger partial charge in [-0.25, -0.2) is 0 Å². The Hall–Kier alpha value is -0.243. The van der Waals surface area contributed by atoms with Crippen LogP contribution < -0.4 is 0 Å². The molecule has 0 spiro atoms. The van der Waals surface area contributed by atoms with E-state index in [9.17, 15) is 0 Å². The number of aliphatic hydroxyl groups excluding tert-OH is 1. The summed E-state index contributed by atoms with van der Waals surface area (Å²) in [5, 5.41) is 9.15. The van der Waals surface area contributed by atoms with Gasteiger partial charge in [0.2, 0.25) is 0 Å². The highest BCUT2D eigenvalue weighted by Crippen LogP contribution is 2.26. The van der Waals surface area contributed by atoms with E-state index in [-0.39, 0.29) is 18.8 Å². The first kappa shape index (κ1) is 21.8. The van der Waals surface area contributed by atoms with E-state index in [1.807, 2.05) is 26.8 Å². The predicted octanol–water partition coefficient (Wildman–Crippen LogP) is 3.55. The first-order chi connectivity index (χ1) is 11.1. The molecule has 0 bridgehead atoms. The topological polar surface area (TPSA) is 57.2 Å². The van der Waals surface area contributed by atoms with Gasteiger partial charge in [-0.1, -0.05) is 31.3 Å². The van der Waals surface area contributed by atoms with Crippen molar-refractivity contribution in [1.82, 2.24) is 0 Å². The molecule has 1 aliphatic rings. The lowest BCUT2D eigenvalue weighted by Crippen LogP contribution is -2.26. The van der Waals surface area contributed by atoms with Crippen LogP contribution in [0.4, 0.5) is 0 Å². The molecule has 0 unspecified atom stereocenters. The van der Waals surface area contributed by atoms with Gasteiger partial charge in [-0.3, -0.25) is 0 Å². The van der Waals surface area contributed by atoms with Gasteiger partial charge in [-0.2, -0.15) is 0 Å². The molecular formula is C18H36O5Si. The van der Waals surface area contributed by atoms with Gasteiger partial charge in [-0.05, 0) is 33.2 Å². The molecule has 1 aliphatic heterocycles. The van der Waals surface area contributed by atoms with Gasteiger partial charge in [0.25, 0.3) is 0 Å². The maximum atomic E-state index is 9.15. The standard InChI is InChI=1S/C18H36O5Si/c1-15(12-19)7-8-16(11-17-13-22-18(2,3)23-17)21-14-20-9-10-24(4,5)6/h7,16-17,19H,8-14H2,1-6H3/b15-7+/t16-,17+/m1/s1. The van der Waals surface area contributed by atoms with E-state index < -0.39 is 13.9 Å². The summed E-state index contributed by atoms with van der Waals surface area (Å²) in [6.07, 6.45) is 3.56.